The Balaban J connectivity index is 2.49. The van der Waals surface area contributed by atoms with E-state index in [9.17, 15) is 4.79 Å². The van der Waals surface area contributed by atoms with Crippen molar-refractivity contribution in [3.05, 3.63) is 23.8 Å². The number of rotatable bonds is 7. The first-order valence-corrected chi connectivity index (χ1v) is 8.51. The van der Waals surface area contributed by atoms with E-state index < -0.39 is 5.60 Å². The first-order valence-electron chi connectivity index (χ1n) is 8.51. The van der Waals surface area contributed by atoms with Crippen LogP contribution in [0, 0.1) is 6.92 Å². The van der Waals surface area contributed by atoms with Crippen LogP contribution >= 0.6 is 0 Å². The van der Waals surface area contributed by atoms with Gasteiger partial charge in [-0.05, 0) is 78.6 Å². The summed E-state index contributed by atoms with van der Waals surface area (Å²) in [5.41, 5.74) is 1.37. The third kappa shape index (κ3) is 7.57. The van der Waals surface area contributed by atoms with Gasteiger partial charge in [-0.1, -0.05) is 0 Å². The molecule has 0 unspecified atom stereocenters. The van der Waals surface area contributed by atoms with Crippen molar-refractivity contribution in [3.8, 4) is 5.75 Å². The lowest BCUT2D eigenvalue weighted by Gasteiger charge is -2.29. The van der Waals surface area contributed by atoms with Crippen molar-refractivity contribution in [1.82, 2.24) is 5.32 Å². The van der Waals surface area contributed by atoms with Crippen LogP contribution in [0.5, 0.6) is 5.75 Å². The summed E-state index contributed by atoms with van der Waals surface area (Å²) < 4.78 is 10.8. The van der Waals surface area contributed by atoms with Crippen LogP contribution in [0.25, 0.3) is 0 Å². The van der Waals surface area contributed by atoms with E-state index in [4.69, 9.17) is 9.47 Å². The van der Waals surface area contributed by atoms with Crippen LogP contribution in [-0.2, 0) is 4.74 Å². The number of ether oxygens (including phenoxy) is 2. The van der Waals surface area contributed by atoms with E-state index in [1.807, 2.05) is 59.7 Å². The molecule has 0 heterocycles. The quantitative estimate of drug-likeness (QED) is 0.770. The van der Waals surface area contributed by atoms with Gasteiger partial charge in [0.2, 0.25) is 0 Å². The van der Waals surface area contributed by atoms with E-state index in [0.29, 0.717) is 6.61 Å². The van der Waals surface area contributed by atoms with Gasteiger partial charge < -0.3 is 20.1 Å². The average Bonchev–Trinajstić information content (AvgIpc) is 2.38. The van der Waals surface area contributed by atoms with Gasteiger partial charge in [-0.2, -0.15) is 0 Å². The Kier molecular flexibility index (Phi) is 6.93. The number of nitrogens with one attached hydrogen (secondary N) is 2. The van der Waals surface area contributed by atoms with Crippen molar-refractivity contribution in [1.29, 1.82) is 0 Å². The molecule has 0 radical (unpaired) electrons. The van der Waals surface area contributed by atoms with Crippen LogP contribution < -0.4 is 15.4 Å². The first-order chi connectivity index (χ1) is 11.0. The molecule has 1 amide bonds. The summed E-state index contributed by atoms with van der Waals surface area (Å²) in [6.45, 7) is 15.0. The fourth-order valence-electron chi connectivity index (χ4n) is 2.24. The highest BCUT2D eigenvalue weighted by atomic mass is 16.6. The van der Waals surface area contributed by atoms with Crippen molar-refractivity contribution in [2.24, 2.45) is 0 Å². The number of carbonyl (C=O) groups is 1. The van der Waals surface area contributed by atoms with Gasteiger partial charge in [0, 0.05) is 17.8 Å². The van der Waals surface area contributed by atoms with Gasteiger partial charge in [-0.25, -0.2) is 4.79 Å². The number of hydrogen-bond donors (Lipinski definition) is 2. The SMILES string of the molecule is CCOc1ccc(NCCC(C)(C)NC(=O)OC(C)(C)C)c(C)c1. The molecule has 1 aromatic carbocycles. The van der Waals surface area contributed by atoms with E-state index in [0.717, 1.165) is 30.0 Å². The Morgan fingerprint density at radius 1 is 1.17 bits per heavy atom. The lowest BCUT2D eigenvalue weighted by atomic mass is 10.0. The van der Waals surface area contributed by atoms with E-state index >= 15 is 0 Å². The van der Waals surface area contributed by atoms with Crippen molar-refractivity contribution in [2.75, 3.05) is 18.5 Å². The fraction of sp³-hybridized carbons (Fsp3) is 0.632. The summed E-state index contributed by atoms with van der Waals surface area (Å²) in [6.07, 6.45) is 0.392. The zero-order chi connectivity index (χ0) is 18.4. The molecule has 0 aliphatic rings. The minimum atomic E-state index is -0.488. The molecular weight excluding hydrogens is 304 g/mol. The summed E-state index contributed by atoms with van der Waals surface area (Å²) in [5.74, 6) is 0.882. The molecule has 2 N–H and O–H groups in total. The first kappa shape index (κ1) is 20.1. The fourth-order valence-corrected chi connectivity index (χ4v) is 2.24. The molecule has 0 aromatic heterocycles. The highest BCUT2D eigenvalue weighted by molar-refractivity contribution is 5.68. The smallest absolute Gasteiger partial charge is 0.408 e. The zero-order valence-corrected chi connectivity index (χ0v) is 16.1. The number of anilines is 1. The van der Waals surface area contributed by atoms with Crippen molar-refractivity contribution in [2.45, 2.75) is 66.0 Å². The summed E-state index contributed by atoms with van der Waals surface area (Å²) in [4.78, 5) is 11.9. The van der Waals surface area contributed by atoms with E-state index in [2.05, 4.69) is 17.6 Å². The van der Waals surface area contributed by atoms with Gasteiger partial charge in [-0.3, -0.25) is 0 Å². The molecule has 136 valence electrons. The summed E-state index contributed by atoms with van der Waals surface area (Å²) in [6, 6.07) is 6.01. The molecule has 24 heavy (non-hydrogen) atoms. The number of benzene rings is 1. The Labute approximate surface area is 146 Å². The van der Waals surface area contributed by atoms with E-state index in [-0.39, 0.29) is 11.6 Å². The zero-order valence-electron chi connectivity index (χ0n) is 16.1. The number of alkyl carbamates (subject to hydrolysis) is 1. The van der Waals surface area contributed by atoms with Gasteiger partial charge in [0.1, 0.15) is 11.4 Å². The minimum Gasteiger partial charge on any atom is -0.494 e. The van der Waals surface area contributed by atoms with Gasteiger partial charge in [0.15, 0.2) is 0 Å². The predicted octanol–water partition coefficient (Wildman–Crippen LogP) is 4.50. The van der Waals surface area contributed by atoms with Crippen LogP contribution in [-0.4, -0.2) is 30.4 Å². The highest BCUT2D eigenvalue weighted by Gasteiger charge is 2.24. The second kappa shape index (κ2) is 8.27. The van der Waals surface area contributed by atoms with Gasteiger partial charge >= 0.3 is 6.09 Å². The molecule has 1 rings (SSSR count). The standard InChI is InChI=1S/C19H32N2O3/c1-8-23-15-9-10-16(14(2)13-15)20-12-11-19(6,7)21-17(22)24-18(3,4)5/h9-10,13,20H,8,11-12H2,1-7H3,(H,21,22). The number of carbonyl (C=O) groups excluding carboxylic acids is 1. The van der Waals surface area contributed by atoms with Crippen molar-refractivity contribution < 1.29 is 14.3 Å². The summed E-state index contributed by atoms with van der Waals surface area (Å²) in [7, 11) is 0. The summed E-state index contributed by atoms with van der Waals surface area (Å²) in [5, 5.41) is 6.33. The maximum Gasteiger partial charge on any atom is 0.408 e. The Bertz CT molecular complexity index is 548. The topological polar surface area (TPSA) is 59.6 Å². The Morgan fingerprint density at radius 2 is 1.83 bits per heavy atom. The third-order valence-corrected chi connectivity index (χ3v) is 3.41. The van der Waals surface area contributed by atoms with Crippen LogP contribution in [0.3, 0.4) is 0 Å². The molecular formula is C19H32N2O3. The molecule has 0 spiro atoms. The molecule has 0 bridgehead atoms. The Hall–Kier alpha value is -1.91. The monoisotopic (exact) mass is 336 g/mol. The molecule has 5 nitrogen and oxygen atoms in total. The van der Waals surface area contributed by atoms with E-state index in [1.54, 1.807) is 0 Å². The highest BCUT2D eigenvalue weighted by Crippen LogP contribution is 2.22. The lowest BCUT2D eigenvalue weighted by molar-refractivity contribution is 0.0470. The molecule has 1 aromatic rings. The van der Waals surface area contributed by atoms with Crippen molar-refractivity contribution >= 4 is 11.8 Å². The van der Waals surface area contributed by atoms with Gasteiger partial charge in [-0.15, -0.1) is 0 Å². The lowest BCUT2D eigenvalue weighted by Crippen LogP contribution is -2.46. The van der Waals surface area contributed by atoms with Gasteiger partial charge in [0.25, 0.3) is 0 Å². The number of hydrogen-bond acceptors (Lipinski definition) is 4. The molecule has 0 aliphatic heterocycles. The molecule has 5 heteroatoms. The Morgan fingerprint density at radius 3 is 2.38 bits per heavy atom. The van der Waals surface area contributed by atoms with Crippen LogP contribution in [0.4, 0.5) is 10.5 Å². The maximum atomic E-state index is 11.9. The molecule has 0 fully saturated rings. The second-order valence-corrected chi connectivity index (χ2v) is 7.60. The van der Waals surface area contributed by atoms with Crippen molar-refractivity contribution in [3.63, 3.8) is 0 Å². The number of aryl methyl sites for hydroxylation is 1. The van der Waals surface area contributed by atoms with Crippen LogP contribution in [0.15, 0.2) is 18.2 Å². The average molecular weight is 336 g/mol. The molecule has 0 saturated carbocycles. The summed E-state index contributed by atoms with van der Waals surface area (Å²) >= 11 is 0. The molecule has 0 atom stereocenters. The second-order valence-electron chi connectivity index (χ2n) is 7.60. The maximum absolute atomic E-state index is 11.9. The molecule has 0 saturated heterocycles. The molecule has 0 aliphatic carbocycles. The largest absolute Gasteiger partial charge is 0.494 e. The third-order valence-electron chi connectivity index (χ3n) is 3.41. The normalized spacial score (nSPS) is 11.8. The van der Waals surface area contributed by atoms with Crippen LogP contribution in [0.2, 0.25) is 0 Å². The van der Waals surface area contributed by atoms with E-state index in [1.165, 1.54) is 0 Å². The minimum absolute atomic E-state index is 0.353. The van der Waals surface area contributed by atoms with Crippen LogP contribution in [0.1, 0.15) is 53.5 Å². The van der Waals surface area contributed by atoms with Gasteiger partial charge in [0.05, 0.1) is 6.61 Å². The predicted molar refractivity (Wildman–Crippen MR) is 98.9 cm³/mol. The number of amides is 1.